The molecule has 6 rings (SSSR count). The number of fused-ring (bicyclic) bond motifs is 1. The van der Waals surface area contributed by atoms with Crippen LogP contribution in [-0.4, -0.2) is 32.1 Å². The van der Waals surface area contributed by atoms with Crippen molar-refractivity contribution in [3.63, 3.8) is 0 Å². The summed E-state index contributed by atoms with van der Waals surface area (Å²) in [6.45, 7) is 0.206. The fourth-order valence-corrected chi connectivity index (χ4v) is 5.69. The Hall–Kier alpha value is -3.51. The second-order valence-corrected chi connectivity index (χ2v) is 9.15. The highest BCUT2D eigenvalue weighted by atomic mass is 35.5. The van der Waals surface area contributed by atoms with Gasteiger partial charge < -0.3 is 20.5 Å². The fourth-order valence-electron chi connectivity index (χ4n) is 5.42. The van der Waals surface area contributed by atoms with E-state index >= 15 is 0 Å². The smallest absolute Gasteiger partial charge is 0.255 e. The zero-order valence-corrected chi connectivity index (χ0v) is 19.5. The van der Waals surface area contributed by atoms with Crippen LogP contribution < -0.4 is 20.5 Å². The standard InChI is InChI=1S/C27H25ClN2O4/c1-33-23-12-15(11-22(28)26(23)34-14-24(29)31)27(32)30-13-16-10-21-17-6-2-4-8-19(17)25(16)20-9-5-3-7-18(20)21/h2-9,11-12,16,21,25H,10,13-14H2,1H3,(H2,29,31)(H,30,32). The van der Waals surface area contributed by atoms with Gasteiger partial charge in [-0.2, -0.15) is 0 Å². The molecule has 0 aliphatic heterocycles. The van der Waals surface area contributed by atoms with E-state index in [1.54, 1.807) is 6.07 Å². The average Bonchev–Trinajstić information content (AvgIpc) is 2.86. The minimum Gasteiger partial charge on any atom is -0.493 e. The molecule has 2 amide bonds. The Morgan fingerprint density at radius 2 is 1.65 bits per heavy atom. The van der Waals surface area contributed by atoms with Crippen molar-refractivity contribution in [3.05, 3.63) is 93.5 Å². The lowest BCUT2D eigenvalue weighted by Gasteiger charge is -2.45. The van der Waals surface area contributed by atoms with Gasteiger partial charge in [0.25, 0.3) is 11.8 Å². The first-order chi connectivity index (χ1) is 16.5. The summed E-state index contributed by atoms with van der Waals surface area (Å²) in [4.78, 5) is 24.1. The van der Waals surface area contributed by atoms with Crippen molar-refractivity contribution in [2.24, 2.45) is 11.7 Å². The van der Waals surface area contributed by atoms with Gasteiger partial charge in [-0.15, -0.1) is 0 Å². The van der Waals surface area contributed by atoms with Crippen LogP contribution in [0.25, 0.3) is 0 Å². The molecule has 6 nitrogen and oxygen atoms in total. The number of carbonyl (C=O) groups excluding carboxylic acids is 2. The van der Waals surface area contributed by atoms with Gasteiger partial charge in [-0.1, -0.05) is 60.1 Å². The Kier molecular flexibility index (Phi) is 5.92. The van der Waals surface area contributed by atoms with E-state index in [2.05, 4.69) is 53.8 Å². The average molecular weight is 477 g/mol. The van der Waals surface area contributed by atoms with E-state index < -0.39 is 5.91 Å². The summed E-state index contributed by atoms with van der Waals surface area (Å²) >= 11 is 6.32. The first-order valence-corrected chi connectivity index (χ1v) is 11.6. The molecule has 174 valence electrons. The first kappa shape index (κ1) is 22.3. The van der Waals surface area contributed by atoms with Crippen LogP contribution >= 0.6 is 11.6 Å². The second-order valence-electron chi connectivity index (χ2n) is 8.74. The van der Waals surface area contributed by atoms with Crippen LogP contribution in [0.3, 0.4) is 0 Å². The van der Waals surface area contributed by atoms with Gasteiger partial charge in [0, 0.05) is 23.9 Å². The summed E-state index contributed by atoms with van der Waals surface area (Å²) in [6, 6.07) is 20.3. The number of carbonyl (C=O) groups is 2. The van der Waals surface area contributed by atoms with Gasteiger partial charge in [0.1, 0.15) is 0 Å². The minimum atomic E-state index is -0.634. The van der Waals surface area contributed by atoms with Crippen LogP contribution in [0.15, 0.2) is 60.7 Å². The number of ether oxygens (including phenoxy) is 2. The molecule has 0 saturated heterocycles. The van der Waals surface area contributed by atoms with Crippen LogP contribution in [0.4, 0.5) is 0 Å². The third kappa shape index (κ3) is 3.88. The molecule has 3 aliphatic rings. The number of hydrogen-bond acceptors (Lipinski definition) is 4. The number of rotatable bonds is 7. The van der Waals surface area contributed by atoms with Gasteiger partial charge in [0.05, 0.1) is 12.1 Å². The molecule has 3 N–H and O–H groups in total. The lowest BCUT2D eigenvalue weighted by Crippen LogP contribution is -2.39. The molecule has 0 saturated carbocycles. The van der Waals surface area contributed by atoms with E-state index in [4.69, 9.17) is 26.8 Å². The summed E-state index contributed by atoms with van der Waals surface area (Å²) < 4.78 is 10.7. The number of benzene rings is 3. The predicted octanol–water partition coefficient (Wildman–Crippen LogP) is 4.24. The SMILES string of the molecule is COc1cc(C(=O)NCC2CC3c4ccccc4C2c2ccccc23)cc(Cl)c1OCC(N)=O. The summed E-state index contributed by atoms with van der Waals surface area (Å²) in [5, 5.41) is 3.27. The van der Waals surface area contributed by atoms with Crippen LogP contribution in [-0.2, 0) is 4.79 Å². The normalized spacial score (nSPS) is 19.6. The largest absolute Gasteiger partial charge is 0.493 e. The lowest BCUT2D eigenvalue weighted by atomic mass is 9.59. The molecule has 1 unspecified atom stereocenters. The van der Waals surface area contributed by atoms with Crippen LogP contribution in [0.1, 0.15) is 50.9 Å². The summed E-state index contributed by atoms with van der Waals surface area (Å²) in [5.41, 5.74) is 11.0. The number of primary amides is 1. The molecule has 34 heavy (non-hydrogen) atoms. The number of hydrogen-bond donors (Lipinski definition) is 2. The maximum absolute atomic E-state index is 13.0. The van der Waals surface area contributed by atoms with Gasteiger partial charge in [-0.05, 0) is 46.7 Å². The summed E-state index contributed by atoms with van der Waals surface area (Å²) in [5.74, 6) is 0.440. The number of amides is 2. The van der Waals surface area contributed by atoms with Gasteiger partial charge in [-0.25, -0.2) is 0 Å². The molecule has 2 bridgehead atoms. The van der Waals surface area contributed by atoms with Gasteiger partial charge in [0.15, 0.2) is 18.1 Å². The molecule has 0 heterocycles. The number of nitrogens with one attached hydrogen (secondary N) is 1. The Morgan fingerprint density at radius 3 is 2.24 bits per heavy atom. The quantitative estimate of drug-likeness (QED) is 0.533. The molecule has 3 aromatic rings. The van der Waals surface area contributed by atoms with E-state index in [1.807, 2.05) is 0 Å². The zero-order chi connectivity index (χ0) is 23.8. The van der Waals surface area contributed by atoms with Crippen molar-refractivity contribution < 1.29 is 19.1 Å². The molecule has 0 fully saturated rings. The number of methoxy groups -OCH3 is 1. The van der Waals surface area contributed by atoms with E-state index in [0.29, 0.717) is 18.0 Å². The second kappa shape index (κ2) is 9.03. The molecule has 1 atom stereocenters. The Balaban J connectivity index is 1.36. The predicted molar refractivity (Wildman–Crippen MR) is 130 cm³/mol. The van der Waals surface area contributed by atoms with E-state index in [9.17, 15) is 9.59 Å². The molecular weight excluding hydrogens is 452 g/mol. The monoisotopic (exact) mass is 476 g/mol. The molecule has 0 aromatic heterocycles. The molecule has 3 aromatic carbocycles. The van der Waals surface area contributed by atoms with E-state index in [0.717, 1.165) is 6.42 Å². The molecule has 3 aliphatic carbocycles. The van der Waals surface area contributed by atoms with Gasteiger partial charge in [0.2, 0.25) is 0 Å². The molecule has 0 radical (unpaired) electrons. The highest BCUT2D eigenvalue weighted by Gasteiger charge is 2.42. The number of nitrogens with two attached hydrogens (primary N) is 1. The molecular formula is C27H25ClN2O4. The third-order valence-corrected chi connectivity index (χ3v) is 7.08. The fraction of sp³-hybridized carbons (Fsp3) is 0.259. The Labute approximate surface area is 203 Å². The minimum absolute atomic E-state index is 0.172. The number of halogens is 1. The Bertz CT molecular complexity index is 1230. The van der Waals surface area contributed by atoms with Crippen molar-refractivity contribution in [1.29, 1.82) is 0 Å². The summed E-state index contributed by atoms with van der Waals surface area (Å²) in [6.07, 6.45) is 0.989. The van der Waals surface area contributed by atoms with E-state index in [-0.39, 0.29) is 40.9 Å². The maximum Gasteiger partial charge on any atom is 0.255 e. The van der Waals surface area contributed by atoms with Crippen LogP contribution in [0.2, 0.25) is 5.02 Å². The first-order valence-electron chi connectivity index (χ1n) is 11.2. The highest BCUT2D eigenvalue weighted by Crippen LogP contribution is 2.55. The maximum atomic E-state index is 13.0. The van der Waals surface area contributed by atoms with Crippen molar-refractivity contribution in [1.82, 2.24) is 5.32 Å². The van der Waals surface area contributed by atoms with Crippen molar-refractivity contribution in [2.45, 2.75) is 18.3 Å². The third-order valence-electron chi connectivity index (χ3n) is 6.80. The molecule has 7 heteroatoms. The van der Waals surface area contributed by atoms with Crippen LogP contribution in [0.5, 0.6) is 11.5 Å². The highest BCUT2D eigenvalue weighted by molar-refractivity contribution is 6.32. The van der Waals surface area contributed by atoms with Crippen molar-refractivity contribution in [2.75, 3.05) is 20.3 Å². The van der Waals surface area contributed by atoms with Crippen molar-refractivity contribution >= 4 is 23.4 Å². The topological polar surface area (TPSA) is 90.7 Å². The molecule has 0 spiro atoms. The van der Waals surface area contributed by atoms with E-state index in [1.165, 1.54) is 35.4 Å². The van der Waals surface area contributed by atoms with Gasteiger partial charge >= 0.3 is 0 Å². The lowest BCUT2D eigenvalue weighted by molar-refractivity contribution is -0.119. The Morgan fingerprint density at radius 1 is 1.03 bits per heavy atom. The van der Waals surface area contributed by atoms with Crippen LogP contribution in [0, 0.1) is 5.92 Å². The van der Waals surface area contributed by atoms with Gasteiger partial charge in [-0.3, -0.25) is 9.59 Å². The summed E-state index contributed by atoms with van der Waals surface area (Å²) in [7, 11) is 1.44. The van der Waals surface area contributed by atoms with Crippen molar-refractivity contribution in [3.8, 4) is 11.5 Å². The zero-order valence-electron chi connectivity index (χ0n) is 18.7.